The minimum Gasteiger partial charge on any atom is -0.398 e. The Balaban J connectivity index is 2.34. The molecule has 2 N–H and O–H groups in total. The molecule has 0 unspecified atom stereocenters. The van der Waals surface area contributed by atoms with E-state index < -0.39 is 0 Å². The van der Waals surface area contributed by atoms with Gasteiger partial charge in [-0.05, 0) is 17.7 Å². The van der Waals surface area contributed by atoms with Gasteiger partial charge in [0.05, 0.1) is 6.54 Å². The number of halogens is 1. The molecule has 1 heterocycles. The van der Waals surface area contributed by atoms with Crippen molar-refractivity contribution in [3.05, 3.63) is 45.6 Å². The molecule has 0 aliphatic rings. The first-order valence-electron chi connectivity index (χ1n) is 4.70. The van der Waals surface area contributed by atoms with Crippen LogP contribution in [0.3, 0.4) is 0 Å². The van der Waals surface area contributed by atoms with Crippen molar-refractivity contribution in [2.45, 2.75) is 6.54 Å². The van der Waals surface area contributed by atoms with E-state index in [9.17, 15) is 4.79 Å². The summed E-state index contributed by atoms with van der Waals surface area (Å²) >= 11 is 5.79. The quantitative estimate of drug-likeness (QED) is 0.790. The third kappa shape index (κ3) is 1.94. The van der Waals surface area contributed by atoms with E-state index in [-0.39, 0.29) is 5.69 Å². The van der Waals surface area contributed by atoms with Crippen molar-refractivity contribution in [3.8, 4) is 0 Å². The summed E-state index contributed by atoms with van der Waals surface area (Å²) in [6.45, 7) is 0.350. The average Bonchev–Trinajstić information content (AvgIpc) is 2.54. The van der Waals surface area contributed by atoms with Gasteiger partial charge in [-0.25, -0.2) is 9.48 Å². The highest BCUT2D eigenvalue weighted by atomic mass is 35.5. The van der Waals surface area contributed by atoms with Crippen LogP contribution >= 0.6 is 11.6 Å². The Morgan fingerprint density at radius 2 is 2.25 bits per heavy atom. The van der Waals surface area contributed by atoms with Gasteiger partial charge in [0.2, 0.25) is 0 Å². The van der Waals surface area contributed by atoms with Crippen molar-refractivity contribution >= 4 is 17.3 Å². The lowest BCUT2D eigenvalue weighted by Gasteiger charge is -2.04. The van der Waals surface area contributed by atoms with Gasteiger partial charge in [0.1, 0.15) is 6.33 Å². The van der Waals surface area contributed by atoms with Crippen molar-refractivity contribution in [1.29, 1.82) is 0 Å². The molecule has 2 aromatic rings. The maximum Gasteiger partial charge on any atom is 0.345 e. The fourth-order valence-corrected chi connectivity index (χ4v) is 1.58. The van der Waals surface area contributed by atoms with Gasteiger partial charge in [-0.3, -0.25) is 4.57 Å². The Bertz CT molecular complexity index is 572. The van der Waals surface area contributed by atoms with E-state index in [1.165, 1.54) is 15.6 Å². The number of aryl methyl sites for hydroxylation is 1. The molecule has 1 aromatic heterocycles. The number of anilines is 1. The summed E-state index contributed by atoms with van der Waals surface area (Å²) in [5.74, 6) is 0. The van der Waals surface area contributed by atoms with Crippen molar-refractivity contribution in [1.82, 2.24) is 14.3 Å². The lowest BCUT2D eigenvalue weighted by Crippen LogP contribution is -2.23. The molecule has 0 amide bonds. The normalized spacial score (nSPS) is 10.6. The molecule has 0 aliphatic carbocycles. The minimum atomic E-state index is -0.172. The molecule has 5 nitrogen and oxygen atoms in total. The second-order valence-corrected chi connectivity index (χ2v) is 3.96. The van der Waals surface area contributed by atoms with Gasteiger partial charge in [0, 0.05) is 17.8 Å². The highest BCUT2D eigenvalue weighted by Gasteiger charge is 2.05. The number of nitrogens with zero attached hydrogens (tertiary/aromatic N) is 3. The second-order valence-electron chi connectivity index (χ2n) is 3.53. The predicted octanol–water partition coefficient (Wildman–Crippen LogP) is 0.866. The number of hydrogen-bond donors (Lipinski definition) is 1. The monoisotopic (exact) mass is 238 g/mol. The second kappa shape index (κ2) is 4.02. The maximum atomic E-state index is 11.5. The van der Waals surface area contributed by atoms with Gasteiger partial charge in [0.15, 0.2) is 0 Å². The Morgan fingerprint density at radius 3 is 2.81 bits per heavy atom. The van der Waals surface area contributed by atoms with Crippen molar-refractivity contribution in [2.75, 3.05) is 5.73 Å². The van der Waals surface area contributed by atoms with Crippen LogP contribution in [0.4, 0.5) is 5.69 Å². The predicted molar refractivity (Wildman–Crippen MR) is 62.4 cm³/mol. The summed E-state index contributed by atoms with van der Waals surface area (Å²) in [5, 5.41) is 4.53. The number of benzene rings is 1. The first kappa shape index (κ1) is 10.8. The third-order valence-corrected chi connectivity index (χ3v) is 2.55. The van der Waals surface area contributed by atoms with Crippen LogP contribution in [-0.4, -0.2) is 14.3 Å². The van der Waals surface area contributed by atoms with Crippen LogP contribution in [0.2, 0.25) is 5.02 Å². The van der Waals surface area contributed by atoms with E-state index in [4.69, 9.17) is 17.3 Å². The summed E-state index contributed by atoms with van der Waals surface area (Å²) in [5.41, 5.74) is 7.00. The van der Waals surface area contributed by atoms with Crippen LogP contribution in [0.25, 0.3) is 0 Å². The Kier molecular flexibility index (Phi) is 2.70. The zero-order chi connectivity index (χ0) is 11.7. The van der Waals surface area contributed by atoms with Crippen LogP contribution in [-0.2, 0) is 13.6 Å². The van der Waals surface area contributed by atoms with E-state index in [1.54, 1.807) is 25.2 Å². The largest absolute Gasteiger partial charge is 0.398 e. The average molecular weight is 239 g/mol. The molecule has 2 rings (SSSR count). The molecule has 0 saturated carbocycles. The van der Waals surface area contributed by atoms with Crippen molar-refractivity contribution < 1.29 is 0 Å². The van der Waals surface area contributed by atoms with Crippen LogP contribution in [0, 0.1) is 0 Å². The number of hydrogen-bond acceptors (Lipinski definition) is 3. The van der Waals surface area contributed by atoms with Crippen LogP contribution in [0.15, 0.2) is 29.3 Å². The van der Waals surface area contributed by atoms with Gasteiger partial charge < -0.3 is 5.73 Å². The van der Waals surface area contributed by atoms with Crippen LogP contribution < -0.4 is 11.4 Å². The SMILES string of the molecule is Cn1cnn(Cc2ccc(Cl)cc2N)c1=O. The number of nitrogens with two attached hydrogens (primary N) is 1. The fourth-order valence-electron chi connectivity index (χ4n) is 1.40. The molecular formula is C10H11ClN4O. The van der Waals surface area contributed by atoms with E-state index in [0.29, 0.717) is 17.3 Å². The Morgan fingerprint density at radius 1 is 1.50 bits per heavy atom. The summed E-state index contributed by atoms with van der Waals surface area (Å²) in [4.78, 5) is 11.5. The van der Waals surface area contributed by atoms with Gasteiger partial charge in [0.25, 0.3) is 0 Å². The number of rotatable bonds is 2. The first-order valence-corrected chi connectivity index (χ1v) is 5.08. The van der Waals surface area contributed by atoms with E-state index in [1.807, 2.05) is 0 Å². The zero-order valence-electron chi connectivity index (χ0n) is 8.72. The lowest BCUT2D eigenvalue weighted by atomic mass is 10.2. The van der Waals surface area contributed by atoms with Crippen LogP contribution in [0.1, 0.15) is 5.56 Å². The van der Waals surface area contributed by atoms with E-state index in [0.717, 1.165) is 5.56 Å². The highest BCUT2D eigenvalue weighted by Crippen LogP contribution is 2.18. The maximum absolute atomic E-state index is 11.5. The lowest BCUT2D eigenvalue weighted by molar-refractivity contribution is 0.648. The highest BCUT2D eigenvalue weighted by molar-refractivity contribution is 6.30. The van der Waals surface area contributed by atoms with Gasteiger partial charge >= 0.3 is 5.69 Å². The van der Waals surface area contributed by atoms with E-state index in [2.05, 4.69) is 5.10 Å². The van der Waals surface area contributed by atoms with Crippen LogP contribution in [0.5, 0.6) is 0 Å². The molecule has 16 heavy (non-hydrogen) atoms. The topological polar surface area (TPSA) is 65.8 Å². The van der Waals surface area contributed by atoms with Gasteiger partial charge in [-0.15, -0.1) is 0 Å². The smallest absolute Gasteiger partial charge is 0.345 e. The molecule has 0 spiro atoms. The summed E-state index contributed by atoms with van der Waals surface area (Å²) in [6.07, 6.45) is 1.47. The summed E-state index contributed by atoms with van der Waals surface area (Å²) in [6, 6.07) is 5.19. The summed E-state index contributed by atoms with van der Waals surface area (Å²) in [7, 11) is 1.65. The Labute approximate surface area is 97.1 Å². The van der Waals surface area contributed by atoms with Gasteiger partial charge in [-0.2, -0.15) is 5.10 Å². The molecule has 0 saturated heterocycles. The molecule has 0 bridgehead atoms. The molecule has 0 radical (unpaired) electrons. The standard InChI is InChI=1S/C10H11ClN4O/c1-14-6-13-15(10(14)16)5-7-2-3-8(11)4-9(7)12/h2-4,6H,5,12H2,1H3. The third-order valence-electron chi connectivity index (χ3n) is 2.31. The molecule has 0 fully saturated rings. The Hall–Kier alpha value is -1.75. The summed E-state index contributed by atoms with van der Waals surface area (Å²) < 4.78 is 2.76. The molecular weight excluding hydrogens is 228 g/mol. The molecule has 0 aliphatic heterocycles. The number of aromatic nitrogens is 3. The van der Waals surface area contributed by atoms with E-state index >= 15 is 0 Å². The molecule has 6 heteroatoms. The molecule has 84 valence electrons. The van der Waals surface area contributed by atoms with Crippen molar-refractivity contribution in [3.63, 3.8) is 0 Å². The van der Waals surface area contributed by atoms with Crippen molar-refractivity contribution in [2.24, 2.45) is 7.05 Å². The van der Waals surface area contributed by atoms with Gasteiger partial charge in [-0.1, -0.05) is 17.7 Å². The molecule has 0 atom stereocenters. The minimum absolute atomic E-state index is 0.172. The fraction of sp³-hybridized carbons (Fsp3) is 0.200. The zero-order valence-corrected chi connectivity index (χ0v) is 9.48. The molecule has 1 aromatic carbocycles. The first-order chi connectivity index (χ1) is 7.58. The number of nitrogen functional groups attached to an aromatic ring is 1.